The first-order chi connectivity index (χ1) is 7.58. The van der Waals surface area contributed by atoms with Crippen molar-refractivity contribution in [2.75, 3.05) is 7.05 Å². The van der Waals surface area contributed by atoms with Gasteiger partial charge in [-0.1, -0.05) is 24.6 Å². The predicted molar refractivity (Wildman–Crippen MR) is 64.9 cm³/mol. The first-order valence-corrected chi connectivity index (χ1v) is 5.56. The third-order valence-electron chi connectivity index (χ3n) is 2.61. The zero-order valence-electron chi connectivity index (χ0n) is 9.37. The van der Waals surface area contributed by atoms with Crippen LogP contribution in [0.1, 0.15) is 18.9 Å². The van der Waals surface area contributed by atoms with Gasteiger partial charge in [0.1, 0.15) is 0 Å². The summed E-state index contributed by atoms with van der Waals surface area (Å²) in [5.74, 6) is 0. The van der Waals surface area contributed by atoms with Gasteiger partial charge in [0.25, 0.3) is 5.69 Å². The van der Waals surface area contributed by atoms with Crippen LogP contribution in [-0.4, -0.2) is 18.0 Å². The van der Waals surface area contributed by atoms with Gasteiger partial charge in [-0.25, -0.2) is 0 Å². The van der Waals surface area contributed by atoms with E-state index in [0.717, 1.165) is 12.0 Å². The molecule has 1 atom stereocenters. The lowest BCUT2D eigenvalue weighted by atomic mass is 10.0. The first-order valence-electron chi connectivity index (χ1n) is 5.18. The van der Waals surface area contributed by atoms with Crippen LogP contribution >= 0.6 is 11.6 Å². The maximum Gasteiger partial charge on any atom is 0.274 e. The molecule has 1 N–H and O–H groups in total. The summed E-state index contributed by atoms with van der Waals surface area (Å²) in [6.07, 6.45) is 1.57. The number of likely N-dealkylation sites (N-methyl/N-ethyl adjacent to an activating group) is 1. The Kier molecular flexibility index (Phi) is 4.71. The van der Waals surface area contributed by atoms with Crippen molar-refractivity contribution < 1.29 is 4.92 Å². The third-order valence-corrected chi connectivity index (χ3v) is 2.85. The molecule has 4 nitrogen and oxygen atoms in total. The average molecular weight is 243 g/mol. The number of nitro groups is 1. The minimum absolute atomic E-state index is 0.0983. The van der Waals surface area contributed by atoms with Crippen LogP contribution in [0.5, 0.6) is 0 Å². The molecule has 0 aliphatic rings. The van der Waals surface area contributed by atoms with E-state index >= 15 is 0 Å². The van der Waals surface area contributed by atoms with E-state index in [9.17, 15) is 10.1 Å². The normalized spacial score (nSPS) is 12.4. The second-order valence-corrected chi connectivity index (χ2v) is 4.06. The van der Waals surface area contributed by atoms with Crippen LogP contribution < -0.4 is 5.32 Å². The van der Waals surface area contributed by atoms with Crippen LogP contribution in [0.25, 0.3) is 0 Å². The fourth-order valence-corrected chi connectivity index (χ4v) is 1.76. The fourth-order valence-electron chi connectivity index (χ4n) is 1.60. The van der Waals surface area contributed by atoms with Crippen molar-refractivity contribution in [3.63, 3.8) is 0 Å². The summed E-state index contributed by atoms with van der Waals surface area (Å²) in [4.78, 5) is 10.5. The highest BCUT2D eigenvalue weighted by atomic mass is 35.5. The van der Waals surface area contributed by atoms with Crippen LogP contribution in [0.2, 0.25) is 5.02 Å². The Morgan fingerprint density at radius 2 is 2.25 bits per heavy atom. The number of benzene rings is 1. The number of hydrogen-bond donors (Lipinski definition) is 1. The number of nitrogens with one attached hydrogen (secondary N) is 1. The molecule has 1 rings (SSSR count). The van der Waals surface area contributed by atoms with Gasteiger partial charge in [0, 0.05) is 22.7 Å². The van der Waals surface area contributed by atoms with E-state index in [1.165, 1.54) is 6.07 Å². The highest BCUT2D eigenvalue weighted by Gasteiger charge is 2.16. The minimum atomic E-state index is -0.385. The molecule has 1 aromatic rings. The van der Waals surface area contributed by atoms with Gasteiger partial charge in [-0.05, 0) is 26.0 Å². The minimum Gasteiger partial charge on any atom is -0.317 e. The van der Waals surface area contributed by atoms with E-state index in [-0.39, 0.29) is 16.7 Å². The zero-order valence-corrected chi connectivity index (χ0v) is 10.1. The number of hydrogen-bond acceptors (Lipinski definition) is 3. The molecule has 16 heavy (non-hydrogen) atoms. The predicted octanol–water partition coefficient (Wildman–Crippen LogP) is 2.79. The molecule has 5 heteroatoms. The summed E-state index contributed by atoms with van der Waals surface area (Å²) >= 11 is 5.75. The fraction of sp³-hybridized carbons (Fsp3) is 0.455. The molecule has 0 saturated carbocycles. The van der Waals surface area contributed by atoms with E-state index in [1.54, 1.807) is 12.1 Å². The van der Waals surface area contributed by atoms with Gasteiger partial charge in [-0.15, -0.1) is 0 Å². The Labute approximate surface area is 99.8 Å². The van der Waals surface area contributed by atoms with Crippen molar-refractivity contribution in [1.82, 2.24) is 5.32 Å². The van der Waals surface area contributed by atoms with Gasteiger partial charge in [0.05, 0.1) is 4.92 Å². The highest BCUT2D eigenvalue weighted by Crippen LogP contribution is 2.24. The molecule has 0 radical (unpaired) electrons. The highest BCUT2D eigenvalue weighted by molar-refractivity contribution is 6.30. The summed E-state index contributed by atoms with van der Waals surface area (Å²) in [6, 6.07) is 5.06. The Balaban J connectivity index is 2.98. The quantitative estimate of drug-likeness (QED) is 0.638. The van der Waals surface area contributed by atoms with Crippen molar-refractivity contribution in [3.05, 3.63) is 38.9 Å². The van der Waals surface area contributed by atoms with E-state index in [4.69, 9.17) is 11.6 Å². The molecule has 0 amide bonds. The summed E-state index contributed by atoms with van der Waals surface area (Å²) in [6.45, 7) is 2.04. The molecule has 1 aromatic carbocycles. The van der Waals surface area contributed by atoms with Crippen molar-refractivity contribution >= 4 is 17.3 Å². The maximum absolute atomic E-state index is 10.9. The molecule has 0 heterocycles. The van der Waals surface area contributed by atoms with Crippen LogP contribution in [-0.2, 0) is 6.42 Å². The van der Waals surface area contributed by atoms with Crippen LogP contribution in [0.4, 0.5) is 5.69 Å². The molecule has 0 fully saturated rings. The van der Waals surface area contributed by atoms with E-state index in [0.29, 0.717) is 11.4 Å². The summed E-state index contributed by atoms with van der Waals surface area (Å²) in [7, 11) is 1.86. The molecule has 0 aliphatic carbocycles. The van der Waals surface area contributed by atoms with Gasteiger partial charge in [0.2, 0.25) is 0 Å². The summed E-state index contributed by atoms with van der Waals surface area (Å²) in [5.41, 5.74) is 0.816. The molecule has 1 unspecified atom stereocenters. The van der Waals surface area contributed by atoms with Crippen molar-refractivity contribution in [3.8, 4) is 0 Å². The molecular formula is C11H15ClN2O2. The van der Waals surface area contributed by atoms with E-state index in [2.05, 4.69) is 5.32 Å². The second kappa shape index (κ2) is 5.82. The van der Waals surface area contributed by atoms with Gasteiger partial charge in [0.15, 0.2) is 0 Å². The number of nitro benzene ring substituents is 1. The number of rotatable bonds is 5. The lowest BCUT2D eigenvalue weighted by Gasteiger charge is -2.13. The Bertz CT molecular complexity index is 378. The molecule has 0 spiro atoms. The Morgan fingerprint density at radius 1 is 1.56 bits per heavy atom. The Morgan fingerprint density at radius 3 is 2.75 bits per heavy atom. The van der Waals surface area contributed by atoms with Gasteiger partial charge < -0.3 is 5.32 Å². The molecular weight excluding hydrogens is 228 g/mol. The molecule has 0 aliphatic heterocycles. The van der Waals surface area contributed by atoms with Crippen molar-refractivity contribution in [1.29, 1.82) is 0 Å². The summed E-state index contributed by atoms with van der Waals surface area (Å²) < 4.78 is 0. The van der Waals surface area contributed by atoms with Crippen molar-refractivity contribution in [2.24, 2.45) is 0 Å². The Hall–Kier alpha value is -1.13. The monoisotopic (exact) mass is 242 g/mol. The molecule has 0 bridgehead atoms. The van der Waals surface area contributed by atoms with Crippen LogP contribution in [0, 0.1) is 10.1 Å². The SMILES string of the molecule is CCC(Cc1ccc(Cl)cc1[N+](=O)[O-])NC. The third kappa shape index (κ3) is 3.18. The van der Waals surface area contributed by atoms with Gasteiger partial charge in [-0.3, -0.25) is 10.1 Å². The largest absolute Gasteiger partial charge is 0.317 e. The summed E-state index contributed by atoms with van der Waals surface area (Å²) in [5, 5.41) is 14.4. The standard InChI is InChI=1S/C11H15ClN2O2/c1-3-10(13-2)6-8-4-5-9(12)7-11(8)14(15)16/h4-5,7,10,13H,3,6H2,1-2H3. The maximum atomic E-state index is 10.9. The van der Waals surface area contributed by atoms with Crippen LogP contribution in [0.15, 0.2) is 18.2 Å². The van der Waals surface area contributed by atoms with Gasteiger partial charge in [-0.2, -0.15) is 0 Å². The topological polar surface area (TPSA) is 55.2 Å². The lowest BCUT2D eigenvalue weighted by molar-refractivity contribution is -0.385. The number of nitrogens with zero attached hydrogens (tertiary/aromatic N) is 1. The van der Waals surface area contributed by atoms with Gasteiger partial charge >= 0.3 is 0 Å². The zero-order chi connectivity index (χ0) is 12.1. The lowest BCUT2D eigenvalue weighted by Crippen LogP contribution is -2.26. The van der Waals surface area contributed by atoms with E-state index < -0.39 is 0 Å². The molecule has 88 valence electrons. The first kappa shape index (κ1) is 12.9. The van der Waals surface area contributed by atoms with Crippen molar-refractivity contribution in [2.45, 2.75) is 25.8 Å². The smallest absolute Gasteiger partial charge is 0.274 e. The van der Waals surface area contributed by atoms with E-state index in [1.807, 2.05) is 14.0 Å². The molecule has 0 aromatic heterocycles. The average Bonchev–Trinajstić information content (AvgIpc) is 2.27. The molecule has 0 saturated heterocycles. The number of halogens is 1. The second-order valence-electron chi connectivity index (χ2n) is 3.63. The van der Waals surface area contributed by atoms with Crippen LogP contribution in [0.3, 0.4) is 0 Å².